The molecule has 17 nitrogen and oxygen atoms in total. The van der Waals surface area contributed by atoms with Crippen molar-refractivity contribution in [1.29, 1.82) is 0 Å². The average Bonchev–Trinajstić information content (AvgIpc) is 3.71. The van der Waals surface area contributed by atoms with E-state index in [1.807, 2.05) is 0 Å². The highest BCUT2D eigenvalue weighted by atomic mass is 31.2. The van der Waals surface area contributed by atoms with Crippen molar-refractivity contribution in [3.8, 4) is 0 Å². The molecule has 3 unspecified atom stereocenters. The summed E-state index contributed by atoms with van der Waals surface area (Å²) in [5.74, 6) is -1.36. The van der Waals surface area contributed by atoms with Crippen LogP contribution in [0.1, 0.15) is 324 Å². The minimum Gasteiger partial charge on any atom is -0.462 e. The third-order valence-corrected chi connectivity index (χ3v) is 17.4. The Morgan fingerprint density at radius 2 is 0.644 bits per heavy atom. The molecular formula is C68H128O17P2. The van der Waals surface area contributed by atoms with Gasteiger partial charge >= 0.3 is 39.5 Å². The van der Waals surface area contributed by atoms with Crippen molar-refractivity contribution in [2.24, 2.45) is 5.92 Å². The van der Waals surface area contributed by atoms with Crippen LogP contribution in [0, 0.1) is 5.92 Å². The van der Waals surface area contributed by atoms with E-state index in [9.17, 15) is 43.2 Å². The average molecular weight is 1280 g/mol. The molecule has 0 spiro atoms. The number of rotatable bonds is 66. The van der Waals surface area contributed by atoms with Crippen LogP contribution in [0.15, 0.2) is 24.3 Å². The highest BCUT2D eigenvalue weighted by Crippen LogP contribution is 2.45. The second-order valence-electron chi connectivity index (χ2n) is 24.1. The molecule has 0 aromatic rings. The normalized spacial score (nSPS) is 14.6. The standard InChI is InChI=1S/C68H128O17P2/c1-6-10-13-16-18-20-22-24-25-27-29-35-39-44-49-54-68(73)85-64(58-79-66(71)52-47-42-37-33-31-30-32-36-41-45-50-61(5)9-4)60-83-87(76,77)81-56-62(69)55-80-86(74,75)82-59-63(57-78-65(70)51-46-40-15-12-8-3)84-67(72)53-48-43-38-34-28-26-23-21-19-17-14-11-7-2/h20,22,24-25,61-64,69H,6-19,21,23,26-60H2,1-5H3,(H,74,75)(H,76,77)/b22-20-,25-24-/t61?,62-,63+,64+/m0/s1. The summed E-state index contributed by atoms with van der Waals surface area (Å²) < 4.78 is 68.0. The number of carbonyl (C=O) groups is 4. The zero-order chi connectivity index (χ0) is 64.2. The zero-order valence-electron chi connectivity index (χ0n) is 55.6. The Kier molecular flexibility index (Phi) is 59.3. The molecule has 0 fully saturated rings. The number of phosphoric ester groups is 2. The van der Waals surface area contributed by atoms with Crippen molar-refractivity contribution < 1.29 is 80.2 Å². The molecule has 0 saturated carbocycles. The topological polar surface area (TPSA) is 237 Å². The number of esters is 4. The number of hydrogen-bond donors (Lipinski definition) is 3. The van der Waals surface area contributed by atoms with Crippen molar-refractivity contribution in [3.63, 3.8) is 0 Å². The van der Waals surface area contributed by atoms with Crippen LogP contribution in [0.3, 0.4) is 0 Å². The zero-order valence-corrected chi connectivity index (χ0v) is 57.4. The molecule has 0 aromatic heterocycles. The van der Waals surface area contributed by atoms with E-state index in [1.165, 1.54) is 128 Å². The SMILES string of the molecule is CCCCCC/C=C\C=C/CCCCCCCC(=O)O[C@H](COC(=O)CCCCCCCCCCCCC(C)CC)COP(=O)(O)OC[C@@H](O)COP(=O)(O)OC[C@@H](COC(=O)CCCCCCC)OC(=O)CCCCCCCCCCCCCCC. The molecule has 3 N–H and O–H groups in total. The Morgan fingerprint density at radius 1 is 0.368 bits per heavy atom. The van der Waals surface area contributed by atoms with Gasteiger partial charge in [0.25, 0.3) is 0 Å². The van der Waals surface area contributed by atoms with E-state index < -0.39 is 97.5 Å². The molecule has 0 radical (unpaired) electrons. The van der Waals surface area contributed by atoms with Crippen LogP contribution in [-0.4, -0.2) is 96.7 Å². The molecule has 19 heteroatoms. The van der Waals surface area contributed by atoms with Crippen molar-refractivity contribution in [2.75, 3.05) is 39.6 Å². The first-order chi connectivity index (χ1) is 42.1. The molecule has 0 amide bonds. The number of ether oxygens (including phenoxy) is 4. The summed E-state index contributed by atoms with van der Waals surface area (Å²) in [6.07, 6.45) is 49.6. The second-order valence-corrected chi connectivity index (χ2v) is 27.0. The van der Waals surface area contributed by atoms with Crippen LogP contribution < -0.4 is 0 Å². The second kappa shape index (κ2) is 61.1. The highest BCUT2D eigenvalue weighted by Gasteiger charge is 2.30. The summed E-state index contributed by atoms with van der Waals surface area (Å²) in [5, 5.41) is 10.5. The largest absolute Gasteiger partial charge is 0.472 e. The first-order valence-electron chi connectivity index (χ1n) is 35.0. The van der Waals surface area contributed by atoms with E-state index in [2.05, 4.69) is 58.9 Å². The summed E-state index contributed by atoms with van der Waals surface area (Å²) >= 11 is 0. The quantitative estimate of drug-likeness (QED) is 0.0169. The predicted octanol–water partition coefficient (Wildman–Crippen LogP) is 18.9. The third-order valence-electron chi connectivity index (χ3n) is 15.5. The van der Waals surface area contributed by atoms with Crippen LogP contribution in [-0.2, 0) is 65.4 Å². The van der Waals surface area contributed by atoms with Gasteiger partial charge in [0.2, 0.25) is 0 Å². The number of unbranched alkanes of at least 4 members (excludes halogenated alkanes) is 34. The van der Waals surface area contributed by atoms with Crippen LogP contribution in [0.4, 0.5) is 0 Å². The van der Waals surface area contributed by atoms with Crippen molar-refractivity contribution in [1.82, 2.24) is 0 Å². The summed E-state index contributed by atoms with van der Waals surface area (Å²) in [5.41, 5.74) is 0. The lowest BCUT2D eigenvalue weighted by atomic mass is 9.99. The summed E-state index contributed by atoms with van der Waals surface area (Å²) in [4.78, 5) is 72.2. The van der Waals surface area contributed by atoms with Gasteiger partial charge in [0.05, 0.1) is 26.4 Å². The van der Waals surface area contributed by atoms with Gasteiger partial charge < -0.3 is 33.8 Å². The van der Waals surface area contributed by atoms with Crippen LogP contribution in [0.5, 0.6) is 0 Å². The van der Waals surface area contributed by atoms with Crippen molar-refractivity contribution in [3.05, 3.63) is 24.3 Å². The van der Waals surface area contributed by atoms with Crippen LogP contribution >= 0.6 is 15.6 Å². The fourth-order valence-corrected chi connectivity index (χ4v) is 11.3. The van der Waals surface area contributed by atoms with Crippen molar-refractivity contribution >= 4 is 39.5 Å². The van der Waals surface area contributed by atoms with Gasteiger partial charge in [0.15, 0.2) is 12.2 Å². The number of allylic oxidation sites excluding steroid dienone is 4. The number of hydrogen-bond acceptors (Lipinski definition) is 15. The smallest absolute Gasteiger partial charge is 0.462 e. The Hall–Kier alpha value is -2.46. The Morgan fingerprint density at radius 3 is 0.977 bits per heavy atom. The molecule has 0 heterocycles. The molecule has 0 aliphatic carbocycles. The molecule has 0 saturated heterocycles. The van der Waals surface area contributed by atoms with E-state index >= 15 is 0 Å². The monoisotopic (exact) mass is 1280 g/mol. The molecule has 0 aliphatic heterocycles. The summed E-state index contributed by atoms with van der Waals surface area (Å²) in [7, 11) is -9.90. The van der Waals surface area contributed by atoms with Gasteiger partial charge in [-0.1, -0.05) is 271 Å². The maximum Gasteiger partial charge on any atom is 0.472 e. The number of aliphatic hydroxyl groups excluding tert-OH is 1. The van der Waals surface area contributed by atoms with Gasteiger partial charge in [-0.15, -0.1) is 0 Å². The summed E-state index contributed by atoms with van der Waals surface area (Å²) in [6, 6.07) is 0. The predicted molar refractivity (Wildman–Crippen MR) is 349 cm³/mol. The first kappa shape index (κ1) is 84.5. The number of aliphatic hydroxyl groups is 1. The van der Waals surface area contributed by atoms with Gasteiger partial charge in [0.1, 0.15) is 19.3 Å². The lowest BCUT2D eigenvalue weighted by molar-refractivity contribution is -0.161. The molecule has 0 aromatic carbocycles. The van der Waals surface area contributed by atoms with Gasteiger partial charge in [0, 0.05) is 25.7 Å². The third kappa shape index (κ3) is 60.9. The van der Waals surface area contributed by atoms with Crippen molar-refractivity contribution in [2.45, 2.75) is 342 Å². The van der Waals surface area contributed by atoms with Gasteiger partial charge in [-0.3, -0.25) is 37.3 Å². The van der Waals surface area contributed by atoms with Crippen LogP contribution in [0.2, 0.25) is 0 Å². The lowest BCUT2D eigenvalue weighted by Crippen LogP contribution is -2.30. The minimum absolute atomic E-state index is 0.0849. The van der Waals surface area contributed by atoms with E-state index in [1.54, 1.807) is 0 Å². The number of carbonyl (C=O) groups excluding carboxylic acids is 4. The maximum absolute atomic E-state index is 13.0. The molecule has 0 bridgehead atoms. The Labute approximate surface area is 529 Å². The van der Waals surface area contributed by atoms with E-state index in [4.69, 9.17) is 37.0 Å². The Bertz CT molecular complexity index is 1780. The number of phosphoric acid groups is 2. The van der Waals surface area contributed by atoms with E-state index in [0.29, 0.717) is 25.7 Å². The van der Waals surface area contributed by atoms with E-state index in [-0.39, 0.29) is 25.7 Å². The van der Waals surface area contributed by atoms with Crippen LogP contribution in [0.25, 0.3) is 0 Å². The van der Waals surface area contributed by atoms with Gasteiger partial charge in [-0.2, -0.15) is 0 Å². The lowest BCUT2D eigenvalue weighted by Gasteiger charge is -2.21. The fourth-order valence-electron chi connectivity index (χ4n) is 9.72. The minimum atomic E-state index is -4.96. The molecule has 0 aliphatic rings. The maximum atomic E-state index is 13.0. The van der Waals surface area contributed by atoms with E-state index in [0.717, 1.165) is 115 Å². The molecular weight excluding hydrogens is 1150 g/mol. The first-order valence-corrected chi connectivity index (χ1v) is 38.0. The fraction of sp³-hybridized carbons (Fsp3) is 0.882. The molecule has 0 rings (SSSR count). The molecule has 6 atom stereocenters. The molecule has 512 valence electrons. The highest BCUT2D eigenvalue weighted by molar-refractivity contribution is 7.47. The van der Waals surface area contributed by atoms with Gasteiger partial charge in [-0.25, -0.2) is 9.13 Å². The Balaban J connectivity index is 5.21. The van der Waals surface area contributed by atoms with Gasteiger partial charge in [-0.05, 0) is 57.3 Å². The molecule has 87 heavy (non-hydrogen) atoms. The summed E-state index contributed by atoms with van der Waals surface area (Å²) in [6.45, 7) is 7.10.